The van der Waals surface area contributed by atoms with Gasteiger partial charge in [0.1, 0.15) is 23.0 Å². The fourth-order valence-corrected chi connectivity index (χ4v) is 3.61. The Labute approximate surface area is 252 Å². The molecule has 0 saturated carbocycles. The summed E-state index contributed by atoms with van der Waals surface area (Å²) < 4.78 is 21.8. The third-order valence-electron chi connectivity index (χ3n) is 5.70. The zero-order valence-electron chi connectivity index (χ0n) is 23.2. The van der Waals surface area contributed by atoms with Crippen LogP contribution in [-0.4, -0.2) is 37.6 Å². The van der Waals surface area contributed by atoms with E-state index in [2.05, 4.69) is 20.6 Å². The van der Waals surface area contributed by atoms with Crippen molar-refractivity contribution in [3.63, 3.8) is 0 Å². The molecule has 0 bridgehead atoms. The van der Waals surface area contributed by atoms with E-state index < -0.39 is 12.2 Å². The van der Waals surface area contributed by atoms with Crippen molar-refractivity contribution >= 4 is 47.1 Å². The SMILES string of the molecule is O=C=Nc1ccc(Oc2ccc(NC(=O)OCCCCOC(=O)Nc3ccc(Oc4ccc(N=C=O)cc4)cc3)cc2)cc1. The molecule has 12 heteroatoms. The maximum Gasteiger partial charge on any atom is 0.411 e. The molecule has 0 fully saturated rings. The monoisotopic (exact) mass is 594 g/mol. The number of anilines is 2. The van der Waals surface area contributed by atoms with Gasteiger partial charge in [-0.15, -0.1) is 0 Å². The number of hydrogen-bond acceptors (Lipinski definition) is 10. The van der Waals surface area contributed by atoms with E-state index in [1.165, 1.54) is 12.2 Å². The first-order valence-electron chi connectivity index (χ1n) is 13.3. The Morgan fingerprint density at radius 1 is 0.523 bits per heavy atom. The van der Waals surface area contributed by atoms with Crippen molar-refractivity contribution in [1.82, 2.24) is 0 Å². The number of hydrogen-bond donors (Lipinski definition) is 2. The van der Waals surface area contributed by atoms with E-state index in [1.54, 1.807) is 97.1 Å². The van der Waals surface area contributed by atoms with Crippen LogP contribution in [0.5, 0.6) is 23.0 Å². The summed E-state index contributed by atoms with van der Waals surface area (Å²) in [4.78, 5) is 51.8. The summed E-state index contributed by atoms with van der Waals surface area (Å²) in [5.74, 6) is 2.22. The van der Waals surface area contributed by atoms with Crippen LogP contribution in [0, 0.1) is 0 Å². The minimum absolute atomic E-state index is 0.149. The second-order valence-corrected chi connectivity index (χ2v) is 8.88. The van der Waals surface area contributed by atoms with E-state index in [9.17, 15) is 19.2 Å². The average Bonchev–Trinajstić information content (AvgIpc) is 3.03. The number of carbonyl (C=O) groups excluding carboxylic acids is 4. The number of unbranched alkanes of at least 4 members (excludes halogenated alkanes) is 1. The number of benzene rings is 4. The van der Waals surface area contributed by atoms with E-state index in [1.807, 2.05) is 0 Å². The van der Waals surface area contributed by atoms with Crippen LogP contribution in [0.25, 0.3) is 0 Å². The van der Waals surface area contributed by atoms with Crippen molar-refractivity contribution in [3.05, 3.63) is 97.1 Å². The van der Waals surface area contributed by atoms with Crippen molar-refractivity contribution < 1.29 is 38.1 Å². The molecule has 0 aliphatic carbocycles. The van der Waals surface area contributed by atoms with Gasteiger partial charge in [-0.3, -0.25) is 10.6 Å². The topological polar surface area (TPSA) is 154 Å². The molecule has 0 radical (unpaired) electrons. The highest BCUT2D eigenvalue weighted by atomic mass is 16.6. The second-order valence-electron chi connectivity index (χ2n) is 8.88. The fraction of sp³-hybridized carbons (Fsp3) is 0.125. The zero-order chi connectivity index (χ0) is 31.0. The number of aliphatic imine (C=N–C) groups is 2. The van der Waals surface area contributed by atoms with Crippen molar-refractivity contribution in [2.45, 2.75) is 12.8 Å². The molecule has 0 atom stereocenters. The van der Waals surface area contributed by atoms with E-state index in [0.717, 1.165) is 0 Å². The van der Waals surface area contributed by atoms with Gasteiger partial charge in [0.15, 0.2) is 0 Å². The summed E-state index contributed by atoms with van der Waals surface area (Å²) in [6.07, 6.45) is 2.73. The Balaban J connectivity index is 1.07. The van der Waals surface area contributed by atoms with Crippen molar-refractivity contribution in [3.8, 4) is 23.0 Å². The Morgan fingerprint density at radius 3 is 1.16 bits per heavy atom. The van der Waals surface area contributed by atoms with Crippen molar-refractivity contribution in [2.24, 2.45) is 9.98 Å². The van der Waals surface area contributed by atoms with Crippen LogP contribution in [0.2, 0.25) is 0 Å². The molecule has 44 heavy (non-hydrogen) atoms. The lowest BCUT2D eigenvalue weighted by Gasteiger charge is -2.10. The van der Waals surface area contributed by atoms with Gasteiger partial charge >= 0.3 is 12.2 Å². The molecule has 0 aliphatic heterocycles. The number of nitrogens with one attached hydrogen (secondary N) is 2. The molecule has 12 nitrogen and oxygen atoms in total. The van der Waals surface area contributed by atoms with Gasteiger partial charge < -0.3 is 18.9 Å². The minimum atomic E-state index is -0.611. The van der Waals surface area contributed by atoms with Crippen LogP contribution in [0.3, 0.4) is 0 Å². The van der Waals surface area contributed by atoms with Gasteiger partial charge in [-0.1, -0.05) is 0 Å². The first kappa shape index (κ1) is 30.7. The summed E-state index contributed by atoms with van der Waals surface area (Å²) in [6, 6.07) is 26.6. The summed E-state index contributed by atoms with van der Waals surface area (Å²) in [7, 11) is 0. The Bertz CT molecular complexity index is 1500. The van der Waals surface area contributed by atoms with E-state index in [4.69, 9.17) is 18.9 Å². The van der Waals surface area contributed by atoms with Crippen LogP contribution in [0.1, 0.15) is 12.8 Å². The van der Waals surface area contributed by atoms with Crippen LogP contribution >= 0.6 is 0 Å². The molecule has 4 rings (SSSR count). The standard InChI is InChI=1S/C32H26N4O8/c37-21-33-23-3-11-27(12-4-23)43-29-15-7-25(8-16-29)35-31(39)41-19-1-2-20-42-32(40)36-26-9-17-30(18-10-26)44-28-13-5-24(6-14-28)34-22-38/h3-18H,1-2,19-20H2,(H,35,39)(H,36,40). The van der Waals surface area contributed by atoms with Crippen molar-refractivity contribution in [1.29, 1.82) is 0 Å². The lowest BCUT2D eigenvalue weighted by molar-refractivity contribution is 0.143. The molecule has 2 amide bonds. The highest BCUT2D eigenvalue weighted by Gasteiger charge is 2.07. The number of isocyanates is 2. The second kappa shape index (κ2) is 16.3. The normalized spacial score (nSPS) is 9.91. The van der Waals surface area contributed by atoms with Crippen LogP contribution < -0.4 is 20.1 Å². The summed E-state index contributed by atoms with van der Waals surface area (Å²) in [6.45, 7) is 0.299. The fourth-order valence-electron chi connectivity index (χ4n) is 3.61. The highest BCUT2D eigenvalue weighted by Crippen LogP contribution is 2.26. The van der Waals surface area contributed by atoms with Gasteiger partial charge in [0.05, 0.1) is 24.6 Å². The minimum Gasteiger partial charge on any atom is -0.457 e. The molecule has 222 valence electrons. The Kier molecular flexibility index (Phi) is 11.4. The number of rotatable bonds is 13. The largest absolute Gasteiger partial charge is 0.457 e. The molecule has 2 N–H and O–H groups in total. The lowest BCUT2D eigenvalue weighted by atomic mass is 10.3. The summed E-state index contributed by atoms with van der Waals surface area (Å²) in [5, 5.41) is 5.26. The molecule has 0 unspecified atom stereocenters. The molecule has 0 saturated heterocycles. The van der Waals surface area contributed by atoms with Gasteiger partial charge in [-0.2, -0.15) is 9.98 Å². The Morgan fingerprint density at radius 2 is 0.841 bits per heavy atom. The average molecular weight is 595 g/mol. The lowest BCUT2D eigenvalue weighted by Crippen LogP contribution is -2.16. The third-order valence-corrected chi connectivity index (χ3v) is 5.70. The number of carbonyl (C=O) groups is 2. The van der Waals surface area contributed by atoms with Gasteiger partial charge in [0, 0.05) is 11.4 Å². The van der Waals surface area contributed by atoms with Gasteiger partial charge in [-0.25, -0.2) is 19.2 Å². The third kappa shape index (κ3) is 10.3. The molecule has 4 aromatic carbocycles. The first-order valence-corrected chi connectivity index (χ1v) is 13.3. The molecular formula is C32H26N4O8. The van der Waals surface area contributed by atoms with Crippen LogP contribution in [0.4, 0.5) is 32.3 Å². The number of nitrogens with zero attached hydrogens (tertiary/aromatic N) is 2. The first-order chi connectivity index (χ1) is 21.5. The van der Waals surface area contributed by atoms with Crippen LogP contribution in [-0.2, 0) is 19.1 Å². The van der Waals surface area contributed by atoms with Gasteiger partial charge in [0.25, 0.3) is 0 Å². The summed E-state index contributed by atoms with van der Waals surface area (Å²) >= 11 is 0. The van der Waals surface area contributed by atoms with E-state index in [0.29, 0.717) is 58.6 Å². The molecule has 0 aromatic heterocycles. The maximum atomic E-state index is 12.1. The molecular weight excluding hydrogens is 568 g/mol. The number of amides is 2. The van der Waals surface area contributed by atoms with Gasteiger partial charge in [-0.05, 0) is 110 Å². The maximum absolute atomic E-state index is 12.1. The smallest absolute Gasteiger partial charge is 0.411 e. The van der Waals surface area contributed by atoms with Gasteiger partial charge in [0.2, 0.25) is 12.2 Å². The highest BCUT2D eigenvalue weighted by molar-refractivity contribution is 5.85. The Hall–Kier alpha value is -6.22. The molecule has 0 aliphatic rings. The molecule has 0 heterocycles. The predicted molar refractivity (Wildman–Crippen MR) is 161 cm³/mol. The zero-order valence-corrected chi connectivity index (χ0v) is 23.2. The number of ether oxygens (including phenoxy) is 4. The quantitative estimate of drug-likeness (QED) is 0.0903. The summed E-state index contributed by atoms with van der Waals surface area (Å²) in [5.41, 5.74) is 2.00. The predicted octanol–water partition coefficient (Wildman–Crippen LogP) is 7.78. The van der Waals surface area contributed by atoms with E-state index in [-0.39, 0.29) is 13.2 Å². The molecule has 4 aromatic rings. The molecule has 0 spiro atoms. The van der Waals surface area contributed by atoms with E-state index >= 15 is 0 Å². The van der Waals surface area contributed by atoms with Crippen LogP contribution in [0.15, 0.2) is 107 Å². The van der Waals surface area contributed by atoms with Crippen molar-refractivity contribution in [2.75, 3.05) is 23.8 Å².